The van der Waals surface area contributed by atoms with Gasteiger partial charge in [-0.15, -0.1) is 0 Å². The highest BCUT2D eigenvalue weighted by Crippen LogP contribution is 2.31. The van der Waals surface area contributed by atoms with Crippen molar-refractivity contribution in [2.45, 2.75) is 37.8 Å². The first kappa shape index (κ1) is 14.1. The van der Waals surface area contributed by atoms with Crippen molar-refractivity contribution >= 4 is 16.6 Å². The maximum atomic E-state index is 6.01. The third-order valence-electron chi connectivity index (χ3n) is 4.57. The van der Waals surface area contributed by atoms with Crippen LogP contribution in [0.2, 0.25) is 0 Å². The summed E-state index contributed by atoms with van der Waals surface area (Å²) < 4.78 is 5.30. The van der Waals surface area contributed by atoms with Crippen molar-refractivity contribution in [2.75, 3.05) is 19.1 Å². The molecule has 1 fully saturated rings. The number of pyridine rings is 1. The monoisotopic (exact) mass is 285 g/mol. The summed E-state index contributed by atoms with van der Waals surface area (Å²) >= 11 is 0. The van der Waals surface area contributed by atoms with E-state index in [1.807, 2.05) is 18.3 Å². The molecule has 0 amide bonds. The van der Waals surface area contributed by atoms with Gasteiger partial charge in [0, 0.05) is 30.7 Å². The number of nitrogens with zero attached hydrogens (tertiary/aromatic N) is 2. The van der Waals surface area contributed by atoms with Gasteiger partial charge in [0.15, 0.2) is 0 Å². The Hall–Kier alpha value is -1.81. The predicted octanol–water partition coefficient (Wildman–Crippen LogP) is 2.95. The fourth-order valence-electron chi connectivity index (χ4n) is 3.21. The molecule has 0 spiro atoms. The molecule has 1 aliphatic rings. The van der Waals surface area contributed by atoms with Crippen LogP contribution in [0.5, 0.6) is 5.75 Å². The number of fused-ring (bicyclic) bond motifs is 1. The van der Waals surface area contributed by atoms with Crippen LogP contribution in [0.25, 0.3) is 10.8 Å². The summed E-state index contributed by atoms with van der Waals surface area (Å²) in [6, 6.07) is 9.10. The SMILES string of the molecule is COc1ccc2c(N(C)C3CCC(N)CC3)nccc2c1. The molecular formula is C17H23N3O. The van der Waals surface area contributed by atoms with E-state index in [4.69, 9.17) is 10.5 Å². The second-order valence-corrected chi connectivity index (χ2v) is 5.90. The second-order valence-electron chi connectivity index (χ2n) is 5.90. The van der Waals surface area contributed by atoms with E-state index in [9.17, 15) is 0 Å². The number of ether oxygens (including phenoxy) is 1. The van der Waals surface area contributed by atoms with Gasteiger partial charge in [0.05, 0.1) is 7.11 Å². The summed E-state index contributed by atoms with van der Waals surface area (Å²) in [6.45, 7) is 0. The van der Waals surface area contributed by atoms with Crippen LogP contribution < -0.4 is 15.4 Å². The van der Waals surface area contributed by atoms with Gasteiger partial charge >= 0.3 is 0 Å². The fraction of sp³-hybridized carbons (Fsp3) is 0.471. The highest BCUT2D eigenvalue weighted by Gasteiger charge is 2.23. The van der Waals surface area contributed by atoms with E-state index >= 15 is 0 Å². The zero-order chi connectivity index (χ0) is 14.8. The zero-order valence-corrected chi connectivity index (χ0v) is 12.7. The molecule has 1 aliphatic carbocycles. The molecule has 2 aromatic rings. The second kappa shape index (κ2) is 5.90. The lowest BCUT2D eigenvalue weighted by atomic mass is 9.91. The van der Waals surface area contributed by atoms with Crippen molar-refractivity contribution in [3.8, 4) is 5.75 Å². The lowest BCUT2D eigenvalue weighted by Gasteiger charge is -2.34. The van der Waals surface area contributed by atoms with E-state index in [2.05, 4.69) is 29.1 Å². The average molecular weight is 285 g/mol. The van der Waals surface area contributed by atoms with Crippen LogP contribution in [-0.4, -0.2) is 31.2 Å². The molecule has 0 unspecified atom stereocenters. The summed E-state index contributed by atoms with van der Waals surface area (Å²) in [5.74, 6) is 1.93. The normalized spacial score (nSPS) is 22.2. The first-order valence-corrected chi connectivity index (χ1v) is 7.60. The van der Waals surface area contributed by atoms with Crippen molar-refractivity contribution in [3.05, 3.63) is 30.5 Å². The molecular weight excluding hydrogens is 262 g/mol. The number of rotatable bonds is 3. The molecule has 0 radical (unpaired) electrons. The highest BCUT2D eigenvalue weighted by molar-refractivity contribution is 5.93. The first-order chi connectivity index (χ1) is 10.2. The number of anilines is 1. The Morgan fingerprint density at radius 3 is 2.67 bits per heavy atom. The number of hydrogen-bond acceptors (Lipinski definition) is 4. The molecule has 4 heteroatoms. The van der Waals surface area contributed by atoms with E-state index in [1.165, 1.54) is 10.8 Å². The molecule has 3 rings (SSSR count). The third kappa shape index (κ3) is 2.81. The van der Waals surface area contributed by atoms with E-state index in [1.54, 1.807) is 7.11 Å². The Morgan fingerprint density at radius 2 is 1.95 bits per heavy atom. The van der Waals surface area contributed by atoms with Crippen molar-refractivity contribution in [1.29, 1.82) is 0 Å². The molecule has 112 valence electrons. The van der Waals surface area contributed by atoms with Gasteiger partial charge < -0.3 is 15.4 Å². The van der Waals surface area contributed by atoms with Crippen LogP contribution in [-0.2, 0) is 0 Å². The van der Waals surface area contributed by atoms with Gasteiger partial charge in [-0.25, -0.2) is 4.98 Å². The van der Waals surface area contributed by atoms with E-state index in [0.29, 0.717) is 12.1 Å². The minimum atomic E-state index is 0.374. The van der Waals surface area contributed by atoms with Gasteiger partial charge in [0.25, 0.3) is 0 Å². The molecule has 1 aromatic carbocycles. The molecule has 1 saturated carbocycles. The lowest BCUT2D eigenvalue weighted by molar-refractivity contribution is 0.384. The molecule has 4 nitrogen and oxygen atoms in total. The van der Waals surface area contributed by atoms with Crippen molar-refractivity contribution in [3.63, 3.8) is 0 Å². The molecule has 21 heavy (non-hydrogen) atoms. The minimum Gasteiger partial charge on any atom is -0.497 e. The Bertz CT molecular complexity index is 620. The lowest BCUT2D eigenvalue weighted by Crippen LogP contribution is -2.39. The molecule has 1 heterocycles. The molecule has 1 aromatic heterocycles. The number of benzene rings is 1. The van der Waals surface area contributed by atoms with Gasteiger partial charge in [0.2, 0.25) is 0 Å². The summed E-state index contributed by atoms with van der Waals surface area (Å²) in [7, 11) is 3.84. The molecule has 0 saturated heterocycles. The highest BCUT2D eigenvalue weighted by atomic mass is 16.5. The van der Waals surface area contributed by atoms with Crippen LogP contribution in [0.15, 0.2) is 30.5 Å². The topological polar surface area (TPSA) is 51.4 Å². The molecule has 2 N–H and O–H groups in total. The van der Waals surface area contributed by atoms with Crippen LogP contribution in [0, 0.1) is 0 Å². The maximum Gasteiger partial charge on any atom is 0.136 e. The Kier molecular flexibility index (Phi) is 3.97. The van der Waals surface area contributed by atoms with Crippen LogP contribution in [0.3, 0.4) is 0 Å². The quantitative estimate of drug-likeness (QED) is 0.942. The van der Waals surface area contributed by atoms with E-state index < -0.39 is 0 Å². The Labute approximate surface area is 125 Å². The van der Waals surface area contributed by atoms with E-state index in [0.717, 1.165) is 37.3 Å². The van der Waals surface area contributed by atoms with Crippen LogP contribution in [0.1, 0.15) is 25.7 Å². The summed E-state index contributed by atoms with van der Waals surface area (Å²) in [5.41, 5.74) is 6.01. The minimum absolute atomic E-state index is 0.374. The molecule has 0 bridgehead atoms. The van der Waals surface area contributed by atoms with E-state index in [-0.39, 0.29) is 0 Å². The smallest absolute Gasteiger partial charge is 0.136 e. The summed E-state index contributed by atoms with van der Waals surface area (Å²) in [4.78, 5) is 6.93. The molecule has 0 aliphatic heterocycles. The summed E-state index contributed by atoms with van der Waals surface area (Å²) in [6.07, 6.45) is 6.38. The van der Waals surface area contributed by atoms with Crippen molar-refractivity contribution in [2.24, 2.45) is 5.73 Å². The number of nitrogens with two attached hydrogens (primary N) is 1. The Balaban J connectivity index is 1.92. The van der Waals surface area contributed by atoms with Gasteiger partial charge in [-0.1, -0.05) is 0 Å². The standard InChI is InChI=1S/C17H23N3O/c1-20(14-5-3-13(18)4-6-14)17-16-8-7-15(21-2)11-12(16)9-10-19-17/h7-11,13-14H,3-6,18H2,1-2H3. The predicted molar refractivity (Wildman–Crippen MR) is 86.9 cm³/mol. The first-order valence-electron chi connectivity index (χ1n) is 7.60. The maximum absolute atomic E-state index is 6.01. The van der Waals surface area contributed by atoms with Crippen molar-refractivity contribution < 1.29 is 4.74 Å². The number of aromatic nitrogens is 1. The largest absolute Gasteiger partial charge is 0.497 e. The van der Waals surface area contributed by atoms with Crippen LogP contribution in [0.4, 0.5) is 5.82 Å². The number of methoxy groups -OCH3 is 1. The zero-order valence-electron chi connectivity index (χ0n) is 12.7. The fourth-order valence-corrected chi connectivity index (χ4v) is 3.21. The van der Waals surface area contributed by atoms with Crippen LogP contribution >= 0.6 is 0 Å². The summed E-state index contributed by atoms with van der Waals surface area (Å²) in [5, 5.41) is 2.34. The van der Waals surface area contributed by atoms with Crippen molar-refractivity contribution in [1.82, 2.24) is 4.98 Å². The average Bonchev–Trinajstić information content (AvgIpc) is 2.53. The van der Waals surface area contributed by atoms with Gasteiger partial charge in [-0.2, -0.15) is 0 Å². The Morgan fingerprint density at radius 1 is 1.19 bits per heavy atom. The van der Waals surface area contributed by atoms with Gasteiger partial charge in [-0.05, 0) is 55.3 Å². The van der Waals surface area contributed by atoms with Gasteiger partial charge in [0.1, 0.15) is 11.6 Å². The van der Waals surface area contributed by atoms with Gasteiger partial charge in [-0.3, -0.25) is 0 Å². The third-order valence-corrected chi connectivity index (χ3v) is 4.57. The molecule has 0 atom stereocenters. The number of hydrogen-bond donors (Lipinski definition) is 1.